The SMILES string of the molecule is O=C(O)C1CN(C(=O)OCc2ccccc2)CCN1C(=O)N(c1ccccc1)c1cccc(Br)c1. The number of halogens is 1. The van der Waals surface area contributed by atoms with Gasteiger partial charge in [0.25, 0.3) is 0 Å². The molecule has 9 heteroatoms. The molecule has 4 rings (SSSR count). The summed E-state index contributed by atoms with van der Waals surface area (Å²) in [5, 5.41) is 9.93. The van der Waals surface area contributed by atoms with Crippen molar-refractivity contribution >= 4 is 45.4 Å². The van der Waals surface area contributed by atoms with Gasteiger partial charge < -0.3 is 19.6 Å². The number of nitrogens with zero attached hydrogens (tertiary/aromatic N) is 3. The standard InChI is InChI=1S/C26H24BrN3O5/c27-20-10-7-13-22(16-20)30(21-11-5-2-6-12-21)25(33)29-15-14-28(17-23(29)24(31)32)26(34)35-18-19-8-3-1-4-9-19/h1-13,16,23H,14-15,17-18H2,(H,31,32). The van der Waals surface area contributed by atoms with E-state index in [0.29, 0.717) is 11.4 Å². The first-order chi connectivity index (χ1) is 16.9. The van der Waals surface area contributed by atoms with Gasteiger partial charge in [-0.15, -0.1) is 0 Å². The first kappa shape index (κ1) is 24.3. The summed E-state index contributed by atoms with van der Waals surface area (Å²) in [6.07, 6.45) is -0.612. The molecule has 1 saturated heterocycles. The molecule has 1 aliphatic rings. The molecule has 1 atom stereocenters. The Morgan fingerprint density at radius 3 is 2.23 bits per heavy atom. The molecule has 1 unspecified atom stereocenters. The lowest BCUT2D eigenvalue weighted by atomic mass is 10.1. The highest BCUT2D eigenvalue weighted by Crippen LogP contribution is 2.30. The third-order valence-electron chi connectivity index (χ3n) is 5.65. The van der Waals surface area contributed by atoms with Crippen molar-refractivity contribution in [2.24, 2.45) is 0 Å². The lowest BCUT2D eigenvalue weighted by Crippen LogP contribution is -2.61. The number of ether oxygens (including phenoxy) is 1. The predicted octanol–water partition coefficient (Wildman–Crippen LogP) is 5.11. The van der Waals surface area contributed by atoms with Crippen LogP contribution in [0.1, 0.15) is 5.56 Å². The van der Waals surface area contributed by atoms with Crippen molar-refractivity contribution in [3.63, 3.8) is 0 Å². The highest BCUT2D eigenvalue weighted by Gasteiger charge is 2.40. The van der Waals surface area contributed by atoms with Gasteiger partial charge in [0, 0.05) is 17.6 Å². The highest BCUT2D eigenvalue weighted by molar-refractivity contribution is 9.10. The molecule has 0 aromatic heterocycles. The molecule has 1 aliphatic heterocycles. The average Bonchev–Trinajstić information content (AvgIpc) is 2.88. The second-order valence-electron chi connectivity index (χ2n) is 7.97. The zero-order chi connectivity index (χ0) is 24.8. The molecule has 3 aromatic rings. The zero-order valence-corrected chi connectivity index (χ0v) is 20.4. The number of rotatable bonds is 5. The molecule has 3 aromatic carbocycles. The number of carboxylic acids is 1. The number of carboxylic acid groups (broad SMARTS) is 1. The third-order valence-corrected chi connectivity index (χ3v) is 6.14. The smallest absolute Gasteiger partial charge is 0.410 e. The Hall–Kier alpha value is -3.85. The summed E-state index contributed by atoms with van der Waals surface area (Å²) in [6.45, 7) is 0.120. The van der Waals surface area contributed by atoms with Crippen molar-refractivity contribution in [2.75, 3.05) is 24.5 Å². The van der Waals surface area contributed by atoms with Crippen LogP contribution in [0.3, 0.4) is 0 Å². The van der Waals surface area contributed by atoms with E-state index in [9.17, 15) is 19.5 Å². The van der Waals surface area contributed by atoms with E-state index in [-0.39, 0.29) is 26.2 Å². The van der Waals surface area contributed by atoms with E-state index in [1.165, 1.54) is 14.7 Å². The van der Waals surface area contributed by atoms with Crippen molar-refractivity contribution in [3.8, 4) is 0 Å². The van der Waals surface area contributed by atoms with E-state index in [1.54, 1.807) is 30.3 Å². The topological polar surface area (TPSA) is 90.4 Å². The van der Waals surface area contributed by atoms with Crippen LogP contribution in [0.5, 0.6) is 0 Å². The van der Waals surface area contributed by atoms with Gasteiger partial charge in [-0.3, -0.25) is 4.90 Å². The van der Waals surface area contributed by atoms with Gasteiger partial charge in [-0.25, -0.2) is 14.4 Å². The van der Waals surface area contributed by atoms with Crippen LogP contribution >= 0.6 is 15.9 Å². The summed E-state index contributed by atoms with van der Waals surface area (Å²) in [4.78, 5) is 42.6. The number of anilines is 2. The van der Waals surface area contributed by atoms with E-state index in [2.05, 4.69) is 15.9 Å². The Labute approximate surface area is 211 Å². The number of carbonyl (C=O) groups excluding carboxylic acids is 2. The Morgan fingerprint density at radius 2 is 1.57 bits per heavy atom. The summed E-state index contributed by atoms with van der Waals surface area (Å²) in [6, 6.07) is 23.8. The van der Waals surface area contributed by atoms with Crippen LogP contribution in [0.15, 0.2) is 89.4 Å². The summed E-state index contributed by atoms with van der Waals surface area (Å²) >= 11 is 3.43. The molecule has 1 heterocycles. The van der Waals surface area contributed by atoms with Crippen LogP contribution in [0.2, 0.25) is 0 Å². The van der Waals surface area contributed by atoms with Crippen molar-refractivity contribution in [1.29, 1.82) is 0 Å². The van der Waals surface area contributed by atoms with Crippen LogP contribution in [-0.4, -0.2) is 58.7 Å². The average molecular weight is 538 g/mol. The van der Waals surface area contributed by atoms with Gasteiger partial charge in [0.2, 0.25) is 0 Å². The Balaban J connectivity index is 1.53. The molecule has 1 fully saturated rings. The lowest BCUT2D eigenvalue weighted by Gasteiger charge is -2.41. The number of benzene rings is 3. The molecule has 1 N–H and O–H groups in total. The quantitative estimate of drug-likeness (QED) is 0.488. The first-order valence-electron chi connectivity index (χ1n) is 11.0. The van der Waals surface area contributed by atoms with Crippen LogP contribution in [0.25, 0.3) is 0 Å². The Bertz CT molecular complexity index is 1190. The van der Waals surface area contributed by atoms with Crippen molar-refractivity contribution in [1.82, 2.24) is 9.80 Å². The van der Waals surface area contributed by atoms with E-state index in [4.69, 9.17) is 4.74 Å². The number of carbonyl (C=O) groups is 3. The number of para-hydroxylation sites is 1. The van der Waals surface area contributed by atoms with Gasteiger partial charge in [0.15, 0.2) is 0 Å². The van der Waals surface area contributed by atoms with Gasteiger partial charge in [-0.1, -0.05) is 70.5 Å². The maximum absolute atomic E-state index is 13.8. The molecule has 3 amide bonds. The van der Waals surface area contributed by atoms with Crippen LogP contribution in [0, 0.1) is 0 Å². The zero-order valence-electron chi connectivity index (χ0n) is 18.8. The summed E-state index contributed by atoms with van der Waals surface area (Å²) in [5.74, 6) is -1.19. The van der Waals surface area contributed by atoms with E-state index in [0.717, 1.165) is 10.0 Å². The largest absolute Gasteiger partial charge is 0.480 e. The molecular formula is C26H24BrN3O5. The molecular weight excluding hydrogens is 514 g/mol. The summed E-state index contributed by atoms with van der Waals surface area (Å²) in [7, 11) is 0. The van der Waals surface area contributed by atoms with Crippen LogP contribution in [0.4, 0.5) is 21.0 Å². The fourth-order valence-corrected chi connectivity index (χ4v) is 4.28. The van der Waals surface area contributed by atoms with E-state index < -0.39 is 24.1 Å². The van der Waals surface area contributed by atoms with Gasteiger partial charge in [0.1, 0.15) is 12.6 Å². The second kappa shape index (κ2) is 11.1. The summed E-state index contributed by atoms with van der Waals surface area (Å²) in [5.41, 5.74) is 2.02. The first-order valence-corrected chi connectivity index (χ1v) is 11.8. The molecule has 35 heavy (non-hydrogen) atoms. The van der Waals surface area contributed by atoms with Gasteiger partial charge in [-0.2, -0.15) is 0 Å². The summed E-state index contributed by atoms with van der Waals surface area (Å²) < 4.78 is 6.15. The minimum absolute atomic E-state index is 0.0492. The highest BCUT2D eigenvalue weighted by atomic mass is 79.9. The molecule has 8 nitrogen and oxygen atoms in total. The second-order valence-corrected chi connectivity index (χ2v) is 8.88. The molecule has 0 saturated carbocycles. The Morgan fingerprint density at radius 1 is 0.914 bits per heavy atom. The number of amides is 3. The minimum Gasteiger partial charge on any atom is -0.480 e. The maximum Gasteiger partial charge on any atom is 0.410 e. The molecule has 0 radical (unpaired) electrons. The monoisotopic (exact) mass is 537 g/mol. The Kier molecular flexibility index (Phi) is 7.67. The van der Waals surface area contributed by atoms with Crippen LogP contribution < -0.4 is 4.90 Å². The van der Waals surface area contributed by atoms with Crippen LogP contribution in [-0.2, 0) is 16.1 Å². The number of urea groups is 1. The molecule has 0 bridgehead atoms. The lowest BCUT2D eigenvalue weighted by molar-refractivity contribution is -0.143. The van der Waals surface area contributed by atoms with Gasteiger partial charge >= 0.3 is 18.1 Å². The fraction of sp³-hybridized carbons (Fsp3) is 0.192. The maximum atomic E-state index is 13.8. The van der Waals surface area contributed by atoms with Crippen molar-refractivity contribution < 1.29 is 24.2 Å². The molecule has 0 spiro atoms. The number of piperazine rings is 1. The molecule has 180 valence electrons. The number of hydrogen-bond acceptors (Lipinski definition) is 4. The van der Waals surface area contributed by atoms with E-state index in [1.807, 2.05) is 54.6 Å². The predicted molar refractivity (Wildman–Crippen MR) is 134 cm³/mol. The van der Waals surface area contributed by atoms with Crippen molar-refractivity contribution in [3.05, 3.63) is 95.0 Å². The van der Waals surface area contributed by atoms with E-state index >= 15 is 0 Å². The number of aliphatic carboxylic acids is 1. The van der Waals surface area contributed by atoms with Gasteiger partial charge in [-0.05, 0) is 35.9 Å². The molecule has 0 aliphatic carbocycles. The normalized spacial score (nSPS) is 15.4. The number of hydrogen-bond donors (Lipinski definition) is 1. The fourth-order valence-electron chi connectivity index (χ4n) is 3.89. The minimum atomic E-state index is -1.22. The third kappa shape index (κ3) is 5.81. The van der Waals surface area contributed by atoms with Gasteiger partial charge in [0.05, 0.1) is 17.9 Å². The van der Waals surface area contributed by atoms with Crippen molar-refractivity contribution in [2.45, 2.75) is 12.6 Å².